The maximum atomic E-state index is 3.47. The summed E-state index contributed by atoms with van der Waals surface area (Å²) in [5.41, 5.74) is 5.37. The third kappa shape index (κ3) is 1.58. The minimum atomic E-state index is 0.704. The molecule has 0 aromatic heterocycles. The lowest BCUT2D eigenvalue weighted by Crippen LogP contribution is -2.55. The van der Waals surface area contributed by atoms with Crippen LogP contribution >= 0.6 is 0 Å². The van der Waals surface area contributed by atoms with Gasteiger partial charge in [-0.05, 0) is 43.0 Å². The molecule has 1 N–H and O–H groups in total. The van der Waals surface area contributed by atoms with E-state index in [9.17, 15) is 0 Å². The van der Waals surface area contributed by atoms with Gasteiger partial charge in [-0.1, -0.05) is 25.0 Å². The van der Waals surface area contributed by atoms with E-state index in [4.69, 9.17) is 0 Å². The van der Waals surface area contributed by atoms with Crippen molar-refractivity contribution >= 4 is 5.69 Å². The monoisotopic (exact) mass is 242 g/mol. The topological polar surface area (TPSA) is 15.3 Å². The highest BCUT2D eigenvalue weighted by atomic mass is 15.2. The van der Waals surface area contributed by atoms with Gasteiger partial charge in [0.05, 0.1) is 0 Å². The Morgan fingerprint density at radius 2 is 1.94 bits per heavy atom. The number of fused-ring (bicyclic) bond motifs is 1. The SMILES string of the molecule is c1cc2c(c(N3CC4(CCCC4)C3)c1)CCNC2. The van der Waals surface area contributed by atoms with E-state index in [2.05, 4.69) is 28.4 Å². The van der Waals surface area contributed by atoms with Gasteiger partial charge >= 0.3 is 0 Å². The molecule has 1 aromatic carbocycles. The standard InChI is InChI=1S/C16H22N2/c1-2-8-16(7-1)11-18(12-16)15-5-3-4-13-10-17-9-6-14(13)15/h3-5,17H,1-2,6-12H2. The number of rotatable bonds is 1. The molecule has 0 bridgehead atoms. The van der Waals surface area contributed by atoms with Crippen molar-refractivity contribution in [3.8, 4) is 0 Å². The first kappa shape index (κ1) is 10.9. The van der Waals surface area contributed by atoms with E-state index in [0.717, 1.165) is 13.1 Å². The van der Waals surface area contributed by atoms with Crippen molar-refractivity contribution in [1.82, 2.24) is 5.32 Å². The lowest BCUT2D eigenvalue weighted by molar-refractivity contribution is 0.221. The van der Waals surface area contributed by atoms with Crippen LogP contribution in [0.4, 0.5) is 5.69 Å². The largest absolute Gasteiger partial charge is 0.370 e. The molecule has 0 radical (unpaired) electrons. The van der Waals surface area contributed by atoms with E-state index >= 15 is 0 Å². The number of nitrogens with one attached hydrogen (secondary N) is 1. The van der Waals surface area contributed by atoms with Crippen molar-refractivity contribution in [1.29, 1.82) is 0 Å². The van der Waals surface area contributed by atoms with Crippen LogP contribution in [-0.4, -0.2) is 19.6 Å². The zero-order valence-corrected chi connectivity index (χ0v) is 11.0. The highest BCUT2D eigenvalue weighted by molar-refractivity contribution is 5.60. The fourth-order valence-electron chi connectivity index (χ4n) is 4.18. The summed E-state index contributed by atoms with van der Waals surface area (Å²) in [6.45, 7) is 4.83. The van der Waals surface area contributed by atoms with Crippen molar-refractivity contribution in [2.24, 2.45) is 5.41 Å². The van der Waals surface area contributed by atoms with Gasteiger partial charge in [0.15, 0.2) is 0 Å². The molecule has 18 heavy (non-hydrogen) atoms. The van der Waals surface area contributed by atoms with Crippen LogP contribution in [0.25, 0.3) is 0 Å². The lowest BCUT2D eigenvalue weighted by atomic mass is 9.77. The molecule has 0 unspecified atom stereocenters. The van der Waals surface area contributed by atoms with Gasteiger partial charge in [0, 0.05) is 30.7 Å². The van der Waals surface area contributed by atoms with Crippen LogP contribution in [0.3, 0.4) is 0 Å². The first-order valence-electron chi connectivity index (χ1n) is 7.43. The summed E-state index contributed by atoms with van der Waals surface area (Å²) in [6, 6.07) is 6.86. The van der Waals surface area contributed by atoms with Crippen LogP contribution in [-0.2, 0) is 13.0 Å². The van der Waals surface area contributed by atoms with Gasteiger partial charge in [-0.3, -0.25) is 0 Å². The molecule has 4 rings (SSSR count). The van der Waals surface area contributed by atoms with Crippen molar-refractivity contribution in [3.05, 3.63) is 29.3 Å². The molecule has 1 saturated heterocycles. The third-order valence-electron chi connectivity index (χ3n) is 5.17. The second kappa shape index (κ2) is 3.99. The van der Waals surface area contributed by atoms with Crippen LogP contribution in [0.1, 0.15) is 36.8 Å². The Kier molecular flexibility index (Phi) is 2.41. The first-order valence-corrected chi connectivity index (χ1v) is 7.43. The number of nitrogens with zero attached hydrogens (tertiary/aromatic N) is 1. The van der Waals surface area contributed by atoms with E-state index in [1.54, 1.807) is 5.56 Å². The fourth-order valence-corrected chi connectivity index (χ4v) is 4.18. The van der Waals surface area contributed by atoms with Gasteiger partial charge in [0.25, 0.3) is 0 Å². The van der Waals surface area contributed by atoms with E-state index in [1.165, 1.54) is 56.4 Å². The second-order valence-electron chi connectivity index (χ2n) is 6.40. The van der Waals surface area contributed by atoms with Crippen molar-refractivity contribution in [2.75, 3.05) is 24.5 Å². The Bertz CT molecular complexity index is 452. The average molecular weight is 242 g/mol. The summed E-state index contributed by atoms with van der Waals surface area (Å²) < 4.78 is 0. The van der Waals surface area contributed by atoms with E-state index < -0.39 is 0 Å². The van der Waals surface area contributed by atoms with Crippen LogP contribution in [0.5, 0.6) is 0 Å². The van der Waals surface area contributed by atoms with Gasteiger partial charge < -0.3 is 10.2 Å². The Hall–Kier alpha value is -1.02. The first-order chi connectivity index (χ1) is 8.86. The van der Waals surface area contributed by atoms with Gasteiger partial charge in [0.2, 0.25) is 0 Å². The Morgan fingerprint density at radius 1 is 1.11 bits per heavy atom. The number of anilines is 1. The van der Waals surface area contributed by atoms with E-state index in [-0.39, 0.29) is 0 Å². The number of benzene rings is 1. The predicted octanol–water partition coefficient (Wildman–Crippen LogP) is 2.71. The summed E-state index contributed by atoms with van der Waals surface area (Å²) in [4.78, 5) is 2.63. The summed E-state index contributed by atoms with van der Waals surface area (Å²) in [5.74, 6) is 0. The Labute approximate surface area is 109 Å². The molecule has 1 spiro atoms. The van der Waals surface area contributed by atoms with Gasteiger partial charge in [-0.25, -0.2) is 0 Å². The van der Waals surface area contributed by atoms with Crippen LogP contribution in [0, 0.1) is 5.41 Å². The molecule has 2 aliphatic heterocycles. The molecule has 2 fully saturated rings. The molecule has 1 saturated carbocycles. The number of hydrogen-bond donors (Lipinski definition) is 1. The summed E-state index contributed by atoms with van der Waals surface area (Å²) in [5, 5.41) is 3.47. The molecule has 2 nitrogen and oxygen atoms in total. The molecular weight excluding hydrogens is 220 g/mol. The molecule has 1 aromatic rings. The zero-order chi connectivity index (χ0) is 12.0. The maximum Gasteiger partial charge on any atom is 0.0402 e. The average Bonchev–Trinajstić information content (AvgIpc) is 2.86. The highest BCUT2D eigenvalue weighted by Crippen LogP contribution is 2.47. The maximum absolute atomic E-state index is 3.47. The molecular formula is C16H22N2. The van der Waals surface area contributed by atoms with Crippen LogP contribution < -0.4 is 10.2 Å². The van der Waals surface area contributed by atoms with Gasteiger partial charge in [-0.15, -0.1) is 0 Å². The van der Waals surface area contributed by atoms with Gasteiger partial charge in [-0.2, -0.15) is 0 Å². The minimum Gasteiger partial charge on any atom is -0.370 e. The van der Waals surface area contributed by atoms with Crippen LogP contribution in [0.2, 0.25) is 0 Å². The van der Waals surface area contributed by atoms with Crippen molar-refractivity contribution < 1.29 is 0 Å². The van der Waals surface area contributed by atoms with Gasteiger partial charge in [0.1, 0.15) is 0 Å². The molecule has 96 valence electrons. The highest BCUT2D eigenvalue weighted by Gasteiger charge is 2.45. The summed E-state index contributed by atoms with van der Waals surface area (Å²) >= 11 is 0. The molecule has 2 heteroatoms. The zero-order valence-electron chi connectivity index (χ0n) is 11.0. The minimum absolute atomic E-state index is 0.704. The molecule has 1 aliphatic carbocycles. The smallest absolute Gasteiger partial charge is 0.0402 e. The van der Waals surface area contributed by atoms with E-state index in [0.29, 0.717) is 5.41 Å². The summed E-state index contributed by atoms with van der Waals surface area (Å²) in [7, 11) is 0. The quantitative estimate of drug-likeness (QED) is 0.814. The normalized spacial score (nSPS) is 25.0. The Morgan fingerprint density at radius 3 is 2.78 bits per heavy atom. The van der Waals surface area contributed by atoms with Crippen molar-refractivity contribution in [2.45, 2.75) is 38.6 Å². The molecule has 0 atom stereocenters. The Balaban J connectivity index is 1.59. The summed E-state index contributed by atoms with van der Waals surface area (Å²) in [6.07, 6.45) is 7.07. The molecule has 2 heterocycles. The van der Waals surface area contributed by atoms with Crippen molar-refractivity contribution in [3.63, 3.8) is 0 Å². The molecule has 3 aliphatic rings. The third-order valence-corrected chi connectivity index (χ3v) is 5.17. The number of hydrogen-bond acceptors (Lipinski definition) is 2. The fraction of sp³-hybridized carbons (Fsp3) is 0.625. The molecule has 0 amide bonds. The predicted molar refractivity (Wildman–Crippen MR) is 75.0 cm³/mol. The van der Waals surface area contributed by atoms with E-state index in [1.807, 2.05) is 0 Å². The van der Waals surface area contributed by atoms with Crippen LogP contribution in [0.15, 0.2) is 18.2 Å². The lowest BCUT2D eigenvalue weighted by Gasteiger charge is -2.50. The second-order valence-corrected chi connectivity index (χ2v) is 6.40.